The molecule has 7 heteroatoms. The maximum absolute atomic E-state index is 6.24. The van der Waals surface area contributed by atoms with Crippen molar-refractivity contribution in [3.05, 3.63) is 5.82 Å². The van der Waals surface area contributed by atoms with E-state index in [0.29, 0.717) is 18.3 Å². The maximum Gasteiger partial charge on any atom is 0.203 e. The number of nitrogens with zero attached hydrogens (tertiary/aromatic N) is 3. The van der Waals surface area contributed by atoms with Crippen molar-refractivity contribution in [3.63, 3.8) is 0 Å². The molecule has 1 aliphatic rings. The van der Waals surface area contributed by atoms with Crippen molar-refractivity contribution in [3.8, 4) is 0 Å². The molecule has 1 aromatic rings. The van der Waals surface area contributed by atoms with Crippen LogP contribution in [0.15, 0.2) is 0 Å². The summed E-state index contributed by atoms with van der Waals surface area (Å²) in [6.07, 6.45) is 0.875. The van der Waals surface area contributed by atoms with E-state index in [2.05, 4.69) is 54.5 Å². The van der Waals surface area contributed by atoms with E-state index in [1.165, 1.54) is 0 Å². The summed E-state index contributed by atoms with van der Waals surface area (Å²) in [4.78, 5) is 0. The maximum atomic E-state index is 6.24. The average molecular weight is 284 g/mol. The van der Waals surface area contributed by atoms with Crippen LogP contribution in [0.25, 0.3) is 0 Å². The number of ether oxygens (including phenoxy) is 1. The van der Waals surface area contributed by atoms with Gasteiger partial charge in [0.25, 0.3) is 0 Å². The minimum absolute atomic E-state index is 0.0354. The Labute approximate surface area is 115 Å². The number of aromatic amines is 1. The lowest BCUT2D eigenvalue weighted by atomic mass is 10.1. The van der Waals surface area contributed by atoms with Gasteiger partial charge in [-0.05, 0) is 24.6 Å². The topological polar surface area (TPSA) is 72.9 Å². The highest BCUT2D eigenvalue weighted by molar-refractivity contribution is 6.74. The van der Waals surface area contributed by atoms with Crippen LogP contribution >= 0.6 is 0 Å². The molecule has 6 nitrogen and oxygen atoms in total. The second-order valence-corrected chi connectivity index (χ2v) is 11.6. The van der Waals surface area contributed by atoms with E-state index < -0.39 is 8.32 Å². The average Bonchev–Trinajstić information content (AvgIpc) is 2.96. The Bertz CT molecular complexity index is 402. The van der Waals surface area contributed by atoms with Gasteiger partial charge in [0.2, 0.25) is 5.82 Å². The molecule has 1 fully saturated rings. The molecule has 0 aromatic carbocycles. The molecular formula is C12H24N4O2Si. The van der Waals surface area contributed by atoms with E-state index in [1.807, 2.05) is 0 Å². The van der Waals surface area contributed by atoms with Crippen LogP contribution in [0.5, 0.6) is 0 Å². The van der Waals surface area contributed by atoms with Gasteiger partial charge in [-0.2, -0.15) is 5.21 Å². The molecule has 0 radical (unpaired) electrons. The van der Waals surface area contributed by atoms with Gasteiger partial charge in [0.05, 0.1) is 6.61 Å². The molecule has 1 aliphatic heterocycles. The second-order valence-electron chi connectivity index (χ2n) is 6.77. The first-order valence-electron chi connectivity index (χ1n) is 6.78. The lowest BCUT2D eigenvalue weighted by Crippen LogP contribution is -2.42. The Kier molecular flexibility index (Phi) is 4.07. The summed E-state index contributed by atoms with van der Waals surface area (Å²) in [7, 11) is -1.67. The summed E-state index contributed by atoms with van der Waals surface area (Å²) in [5, 5.41) is 14.2. The molecule has 0 unspecified atom stereocenters. The van der Waals surface area contributed by atoms with Crippen molar-refractivity contribution in [1.29, 1.82) is 0 Å². The number of rotatable bonds is 4. The summed E-state index contributed by atoms with van der Waals surface area (Å²) in [6.45, 7) is 12.8. The van der Waals surface area contributed by atoms with Crippen molar-refractivity contribution in [1.82, 2.24) is 20.6 Å². The molecule has 0 bridgehead atoms. The molecule has 1 aromatic heterocycles. The fourth-order valence-corrected chi connectivity index (χ4v) is 2.92. The first-order chi connectivity index (χ1) is 8.79. The van der Waals surface area contributed by atoms with E-state index in [0.717, 1.165) is 13.0 Å². The van der Waals surface area contributed by atoms with Crippen LogP contribution < -0.4 is 0 Å². The fraction of sp³-hybridized carbons (Fsp3) is 0.917. The SMILES string of the molecule is CC(C)(C)[Si](C)(C)OC[C@H]1CO[C@H](c2nn[nH]n2)C1. The number of tetrazole rings is 1. The van der Waals surface area contributed by atoms with Crippen LogP contribution in [-0.4, -0.2) is 42.2 Å². The Morgan fingerprint density at radius 3 is 2.74 bits per heavy atom. The summed E-state index contributed by atoms with van der Waals surface area (Å²) >= 11 is 0. The highest BCUT2D eigenvalue weighted by atomic mass is 28.4. The van der Waals surface area contributed by atoms with Gasteiger partial charge >= 0.3 is 0 Å². The minimum Gasteiger partial charge on any atom is -0.416 e. The molecule has 2 atom stereocenters. The number of hydrogen-bond acceptors (Lipinski definition) is 5. The zero-order valence-electron chi connectivity index (χ0n) is 12.4. The van der Waals surface area contributed by atoms with Crippen molar-refractivity contribution in [2.75, 3.05) is 13.2 Å². The van der Waals surface area contributed by atoms with Crippen LogP contribution in [-0.2, 0) is 9.16 Å². The molecule has 2 heterocycles. The van der Waals surface area contributed by atoms with Crippen LogP contribution in [0.3, 0.4) is 0 Å². The predicted molar refractivity (Wildman–Crippen MR) is 74.1 cm³/mol. The van der Waals surface area contributed by atoms with Crippen molar-refractivity contribution in [2.45, 2.75) is 51.4 Å². The van der Waals surface area contributed by atoms with Crippen LogP contribution in [0.2, 0.25) is 18.1 Å². The summed E-state index contributed by atoms with van der Waals surface area (Å²) < 4.78 is 11.9. The Balaban J connectivity index is 1.83. The minimum atomic E-state index is -1.67. The molecule has 0 amide bonds. The first kappa shape index (κ1) is 14.6. The largest absolute Gasteiger partial charge is 0.416 e. The quantitative estimate of drug-likeness (QED) is 0.859. The molecular weight excluding hydrogens is 260 g/mol. The summed E-state index contributed by atoms with van der Waals surface area (Å²) in [5.74, 6) is 1.08. The molecule has 1 N–H and O–H groups in total. The molecule has 2 rings (SSSR count). The Morgan fingerprint density at radius 2 is 2.16 bits per heavy atom. The highest BCUT2D eigenvalue weighted by Gasteiger charge is 2.38. The zero-order chi connectivity index (χ0) is 14.1. The van der Waals surface area contributed by atoms with Crippen molar-refractivity contribution in [2.24, 2.45) is 5.92 Å². The van der Waals surface area contributed by atoms with Gasteiger partial charge in [0, 0.05) is 12.5 Å². The van der Waals surface area contributed by atoms with Crippen LogP contribution in [0.1, 0.15) is 39.1 Å². The van der Waals surface area contributed by atoms with Crippen LogP contribution in [0, 0.1) is 5.92 Å². The summed E-state index contributed by atoms with van der Waals surface area (Å²) in [5.41, 5.74) is 0. The normalized spacial score (nSPS) is 24.9. The first-order valence-corrected chi connectivity index (χ1v) is 9.69. The molecule has 1 saturated heterocycles. The van der Waals surface area contributed by atoms with E-state index >= 15 is 0 Å². The molecule has 108 valence electrons. The molecule has 0 spiro atoms. The number of aromatic nitrogens is 4. The molecule has 19 heavy (non-hydrogen) atoms. The van der Waals surface area contributed by atoms with E-state index in [4.69, 9.17) is 9.16 Å². The monoisotopic (exact) mass is 284 g/mol. The predicted octanol–water partition coefficient (Wildman–Crippen LogP) is 2.30. The molecule has 0 aliphatic carbocycles. The Morgan fingerprint density at radius 1 is 1.42 bits per heavy atom. The smallest absolute Gasteiger partial charge is 0.203 e. The van der Waals surface area contributed by atoms with Gasteiger partial charge in [-0.25, -0.2) is 0 Å². The van der Waals surface area contributed by atoms with Crippen molar-refractivity contribution >= 4 is 8.32 Å². The number of H-pyrrole nitrogens is 1. The van der Waals surface area contributed by atoms with E-state index in [-0.39, 0.29) is 11.1 Å². The van der Waals surface area contributed by atoms with Gasteiger partial charge in [-0.1, -0.05) is 26.0 Å². The van der Waals surface area contributed by atoms with Gasteiger partial charge in [0.1, 0.15) is 6.10 Å². The highest BCUT2D eigenvalue weighted by Crippen LogP contribution is 2.38. The standard InChI is InChI=1S/C12H24N4O2Si/c1-12(2,3)19(4,5)18-8-9-6-10(17-7-9)11-13-15-16-14-11/h9-10H,6-8H2,1-5H3,(H,13,14,15,16)/t9-,10+/m1/s1. The van der Waals surface area contributed by atoms with Gasteiger partial charge in [-0.3, -0.25) is 0 Å². The van der Waals surface area contributed by atoms with E-state index in [1.54, 1.807) is 0 Å². The van der Waals surface area contributed by atoms with E-state index in [9.17, 15) is 0 Å². The number of nitrogens with one attached hydrogen (secondary N) is 1. The lowest BCUT2D eigenvalue weighted by Gasteiger charge is -2.36. The van der Waals surface area contributed by atoms with Gasteiger partial charge in [-0.15, -0.1) is 10.2 Å². The van der Waals surface area contributed by atoms with Gasteiger partial charge in [0.15, 0.2) is 8.32 Å². The third kappa shape index (κ3) is 3.40. The zero-order valence-corrected chi connectivity index (χ0v) is 13.4. The number of hydrogen-bond donors (Lipinski definition) is 1. The molecule has 0 saturated carbocycles. The van der Waals surface area contributed by atoms with Crippen LogP contribution in [0.4, 0.5) is 0 Å². The second kappa shape index (κ2) is 5.30. The fourth-order valence-electron chi connectivity index (χ4n) is 1.84. The van der Waals surface area contributed by atoms with Crippen molar-refractivity contribution < 1.29 is 9.16 Å². The third-order valence-electron chi connectivity index (χ3n) is 4.22. The Hall–Kier alpha value is -0.793. The third-order valence-corrected chi connectivity index (χ3v) is 8.72. The lowest BCUT2D eigenvalue weighted by molar-refractivity contribution is 0.0962. The van der Waals surface area contributed by atoms with Gasteiger partial charge < -0.3 is 9.16 Å². The summed E-state index contributed by atoms with van der Waals surface area (Å²) in [6, 6.07) is 0.